The van der Waals surface area contributed by atoms with Gasteiger partial charge in [-0.25, -0.2) is 13.2 Å². The average Bonchev–Trinajstić information content (AvgIpc) is 1.78. The van der Waals surface area contributed by atoms with Gasteiger partial charge < -0.3 is 0 Å². The molecule has 1 saturated heterocycles. The van der Waals surface area contributed by atoms with E-state index in [0.29, 0.717) is 0 Å². The molecule has 4 amide bonds. The summed E-state index contributed by atoms with van der Waals surface area (Å²) in [5, 5.41) is 1.53. The molecule has 1 aliphatic heterocycles. The van der Waals surface area contributed by atoms with Crippen LogP contribution in [0, 0.1) is 0 Å². The third kappa shape index (κ3) is 2.77. The molecular formula is C5H6N2NaO5S. The second-order valence-corrected chi connectivity index (χ2v) is 4.65. The Morgan fingerprint density at radius 2 is 1.43 bits per heavy atom. The molecule has 0 unspecified atom stereocenters. The van der Waals surface area contributed by atoms with Crippen molar-refractivity contribution in [2.75, 3.05) is 6.26 Å². The molecule has 1 aliphatic rings. The van der Waals surface area contributed by atoms with Crippen LogP contribution in [0.4, 0.5) is 4.79 Å². The molecule has 0 bridgehead atoms. The van der Waals surface area contributed by atoms with Crippen LogP contribution in [0.5, 0.6) is 0 Å². The monoisotopic (exact) mass is 229 g/mol. The van der Waals surface area contributed by atoms with E-state index < -0.39 is 32.9 Å². The van der Waals surface area contributed by atoms with Crippen LogP contribution in [-0.4, -0.2) is 67.3 Å². The predicted molar refractivity (Wildman–Crippen MR) is 46.1 cm³/mol. The van der Waals surface area contributed by atoms with Crippen LogP contribution in [0.3, 0.4) is 0 Å². The second-order valence-electron chi connectivity index (χ2n) is 2.52. The zero-order valence-corrected chi connectivity index (χ0v) is 10.3. The Labute approximate surface area is 102 Å². The maximum Gasteiger partial charge on any atom is 0.328 e. The zero-order valence-electron chi connectivity index (χ0n) is 7.53. The van der Waals surface area contributed by atoms with Crippen molar-refractivity contribution in [3.05, 3.63) is 0 Å². The SMILES string of the molecule is CS(=O)(=O)C1C(=O)NC(=O)NC1=O.[Na]. The number of amides is 4. The standard InChI is InChI=1S/C5H6N2O5S.Na/c1-13(11,12)2-3(8)6-5(10)7-4(2)9;/h2H,1H3,(H2,6,7,8,9,10);. The van der Waals surface area contributed by atoms with E-state index >= 15 is 0 Å². The topological polar surface area (TPSA) is 109 Å². The minimum absolute atomic E-state index is 0. The molecular weight excluding hydrogens is 223 g/mol. The van der Waals surface area contributed by atoms with Gasteiger partial charge in [-0.15, -0.1) is 0 Å². The number of imide groups is 2. The fraction of sp³-hybridized carbons (Fsp3) is 0.400. The molecule has 1 rings (SSSR count). The van der Waals surface area contributed by atoms with Gasteiger partial charge in [0.05, 0.1) is 0 Å². The summed E-state index contributed by atoms with van der Waals surface area (Å²) in [5.41, 5.74) is 0. The Kier molecular flexibility index (Phi) is 4.25. The van der Waals surface area contributed by atoms with Gasteiger partial charge in [0.2, 0.25) is 5.25 Å². The van der Waals surface area contributed by atoms with Gasteiger partial charge in [-0.2, -0.15) is 0 Å². The first kappa shape index (κ1) is 13.6. The second kappa shape index (κ2) is 4.39. The van der Waals surface area contributed by atoms with Crippen molar-refractivity contribution in [1.82, 2.24) is 10.6 Å². The molecule has 1 radical (unpaired) electrons. The van der Waals surface area contributed by atoms with Crippen LogP contribution in [0.15, 0.2) is 0 Å². The van der Waals surface area contributed by atoms with Gasteiger partial charge in [0, 0.05) is 35.8 Å². The Balaban J connectivity index is 0.00000169. The Bertz CT molecular complexity index is 369. The number of sulfone groups is 1. The first-order valence-electron chi connectivity index (χ1n) is 3.17. The number of carbonyl (C=O) groups is 3. The number of urea groups is 1. The molecule has 1 heterocycles. The van der Waals surface area contributed by atoms with Gasteiger partial charge in [0.25, 0.3) is 11.8 Å². The van der Waals surface area contributed by atoms with E-state index in [1.165, 1.54) is 0 Å². The van der Waals surface area contributed by atoms with Crippen LogP contribution in [-0.2, 0) is 19.4 Å². The summed E-state index contributed by atoms with van der Waals surface area (Å²) in [5.74, 6) is -2.23. The molecule has 7 nitrogen and oxygen atoms in total. The molecule has 73 valence electrons. The quantitative estimate of drug-likeness (QED) is 0.378. The van der Waals surface area contributed by atoms with Gasteiger partial charge >= 0.3 is 6.03 Å². The number of rotatable bonds is 1. The fourth-order valence-corrected chi connectivity index (χ4v) is 1.79. The fourth-order valence-electron chi connectivity index (χ4n) is 0.894. The number of hydrogen-bond acceptors (Lipinski definition) is 5. The summed E-state index contributed by atoms with van der Waals surface area (Å²) >= 11 is 0. The van der Waals surface area contributed by atoms with Crippen molar-refractivity contribution < 1.29 is 22.8 Å². The number of carbonyl (C=O) groups excluding carboxylic acids is 3. The molecule has 0 atom stereocenters. The molecule has 0 aromatic heterocycles. The van der Waals surface area contributed by atoms with E-state index in [4.69, 9.17) is 0 Å². The Morgan fingerprint density at radius 1 is 1.07 bits per heavy atom. The molecule has 2 N–H and O–H groups in total. The average molecular weight is 229 g/mol. The molecule has 0 saturated carbocycles. The number of hydrogen-bond donors (Lipinski definition) is 2. The zero-order chi connectivity index (χ0) is 10.2. The molecule has 0 spiro atoms. The van der Waals surface area contributed by atoms with E-state index in [9.17, 15) is 22.8 Å². The predicted octanol–water partition coefficient (Wildman–Crippen LogP) is -2.62. The summed E-state index contributed by atoms with van der Waals surface area (Å²) in [6, 6.07) is -1.00. The van der Waals surface area contributed by atoms with Crippen LogP contribution in [0.25, 0.3) is 0 Å². The van der Waals surface area contributed by atoms with E-state index in [1.54, 1.807) is 10.6 Å². The van der Waals surface area contributed by atoms with Crippen molar-refractivity contribution in [2.45, 2.75) is 5.25 Å². The van der Waals surface area contributed by atoms with Crippen molar-refractivity contribution in [2.24, 2.45) is 0 Å². The van der Waals surface area contributed by atoms with Crippen molar-refractivity contribution >= 4 is 57.2 Å². The Hall–Kier alpha value is -0.440. The van der Waals surface area contributed by atoms with E-state index in [0.717, 1.165) is 6.26 Å². The van der Waals surface area contributed by atoms with Crippen LogP contribution in [0.2, 0.25) is 0 Å². The molecule has 0 aliphatic carbocycles. The van der Waals surface area contributed by atoms with E-state index in [1.807, 2.05) is 0 Å². The van der Waals surface area contributed by atoms with Gasteiger partial charge in [-0.05, 0) is 0 Å². The largest absolute Gasteiger partial charge is 0.328 e. The van der Waals surface area contributed by atoms with Crippen molar-refractivity contribution in [3.63, 3.8) is 0 Å². The minimum Gasteiger partial charge on any atom is -0.276 e. The third-order valence-corrected chi connectivity index (χ3v) is 2.66. The van der Waals surface area contributed by atoms with Gasteiger partial charge in [0.1, 0.15) is 0 Å². The van der Waals surface area contributed by atoms with Crippen molar-refractivity contribution in [3.8, 4) is 0 Å². The summed E-state index contributed by atoms with van der Waals surface area (Å²) in [7, 11) is -3.82. The first-order valence-corrected chi connectivity index (χ1v) is 5.12. The van der Waals surface area contributed by atoms with E-state index in [-0.39, 0.29) is 29.6 Å². The van der Waals surface area contributed by atoms with Crippen molar-refractivity contribution in [1.29, 1.82) is 0 Å². The molecule has 9 heteroatoms. The number of nitrogens with one attached hydrogen (secondary N) is 2. The van der Waals surface area contributed by atoms with E-state index in [2.05, 4.69) is 0 Å². The smallest absolute Gasteiger partial charge is 0.276 e. The maximum atomic E-state index is 10.9. The van der Waals surface area contributed by atoms with Crippen LogP contribution >= 0.6 is 0 Å². The molecule has 1 fully saturated rings. The number of barbiturate groups is 1. The molecule has 0 aromatic rings. The van der Waals surface area contributed by atoms with Gasteiger partial charge in [0.15, 0.2) is 9.84 Å². The van der Waals surface area contributed by atoms with Crippen LogP contribution in [0.1, 0.15) is 0 Å². The molecule has 0 aromatic carbocycles. The summed E-state index contributed by atoms with van der Waals surface area (Å²) in [4.78, 5) is 32.3. The third-order valence-electron chi connectivity index (χ3n) is 1.38. The minimum atomic E-state index is -3.82. The molecule has 14 heavy (non-hydrogen) atoms. The first-order chi connectivity index (χ1) is 5.82. The normalized spacial score (nSPS) is 18.2. The van der Waals surface area contributed by atoms with Gasteiger partial charge in [-0.3, -0.25) is 20.2 Å². The Morgan fingerprint density at radius 3 is 1.71 bits per heavy atom. The van der Waals surface area contributed by atoms with Crippen LogP contribution < -0.4 is 10.6 Å². The summed E-state index contributed by atoms with van der Waals surface area (Å²) in [6.45, 7) is 0. The summed E-state index contributed by atoms with van der Waals surface area (Å²) < 4.78 is 21.8. The van der Waals surface area contributed by atoms with Gasteiger partial charge in [-0.1, -0.05) is 0 Å². The summed E-state index contributed by atoms with van der Waals surface area (Å²) in [6.07, 6.45) is 0.743. The maximum absolute atomic E-state index is 10.9.